The first kappa shape index (κ1) is 25.8. The Kier molecular flexibility index (Phi) is 7.61. The molecule has 0 spiro atoms. The van der Waals surface area contributed by atoms with E-state index in [4.69, 9.17) is 4.98 Å². The molecule has 0 saturated carbocycles. The van der Waals surface area contributed by atoms with Gasteiger partial charge in [0.1, 0.15) is 0 Å². The molecule has 7 nitrogen and oxygen atoms in total. The summed E-state index contributed by atoms with van der Waals surface area (Å²) in [4.78, 5) is 22.8. The van der Waals surface area contributed by atoms with E-state index in [9.17, 15) is 13.2 Å². The van der Waals surface area contributed by atoms with E-state index in [0.717, 1.165) is 38.6 Å². The number of fused-ring (bicyclic) bond motifs is 1. The van der Waals surface area contributed by atoms with Gasteiger partial charge in [0.05, 0.1) is 15.1 Å². The minimum Gasteiger partial charge on any atom is -0.308 e. The molecule has 0 N–H and O–H groups in total. The maximum Gasteiger partial charge on any atom is 0.243 e. The molecule has 35 heavy (non-hydrogen) atoms. The van der Waals surface area contributed by atoms with Crippen molar-refractivity contribution >= 4 is 42.6 Å². The highest BCUT2D eigenvalue weighted by molar-refractivity contribution is 7.89. The Morgan fingerprint density at radius 1 is 1.00 bits per heavy atom. The molecule has 0 aliphatic carbocycles. The number of piperidine rings is 1. The van der Waals surface area contributed by atoms with Crippen LogP contribution >= 0.6 is 11.3 Å². The van der Waals surface area contributed by atoms with E-state index in [1.165, 1.54) is 4.31 Å². The summed E-state index contributed by atoms with van der Waals surface area (Å²) >= 11 is 1.56. The number of aryl methyl sites for hydroxylation is 3. The zero-order chi connectivity index (χ0) is 25.3. The van der Waals surface area contributed by atoms with Gasteiger partial charge >= 0.3 is 0 Å². The Labute approximate surface area is 212 Å². The molecule has 1 aliphatic heterocycles. The van der Waals surface area contributed by atoms with Crippen molar-refractivity contribution in [2.24, 2.45) is 5.92 Å². The van der Waals surface area contributed by atoms with Crippen LogP contribution in [0.3, 0.4) is 0 Å². The van der Waals surface area contributed by atoms with Crippen molar-refractivity contribution in [3.05, 3.63) is 53.1 Å². The molecular weight excluding hydrogens is 480 g/mol. The van der Waals surface area contributed by atoms with Gasteiger partial charge in [-0.25, -0.2) is 13.4 Å². The van der Waals surface area contributed by atoms with Crippen LogP contribution in [-0.2, 0) is 14.8 Å². The van der Waals surface area contributed by atoms with E-state index in [2.05, 4.69) is 24.0 Å². The number of sulfonamides is 1. The van der Waals surface area contributed by atoms with Gasteiger partial charge in [-0.2, -0.15) is 4.31 Å². The Hall–Kier alpha value is -2.33. The average molecular weight is 515 g/mol. The smallest absolute Gasteiger partial charge is 0.243 e. The number of rotatable bonds is 7. The topological polar surface area (TPSA) is 73.8 Å². The Balaban J connectivity index is 1.53. The number of carbonyl (C=O) groups is 1. The third kappa shape index (κ3) is 5.43. The molecule has 0 radical (unpaired) electrons. The lowest BCUT2D eigenvalue weighted by Gasteiger charge is -2.33. The Bertz CT molecular complexity index is 1270. The fourth-order valence-corrected chi connectivity index (χ4v) is 7.00. The van der Waals surface area contributed by atoms with Crippen LogP contribution in [0.1, 0.15) is 29.5 Å². The lowest BCUT2D eigenvalue weighted by atomic mass is 9.96. The van der Waals surface area contributed by atoms with Crippen molar-refractivity contribution < 1.29 is 13.2 Å². The molecule has 1 aromatic heterocycles. The molecule has 188 valence electrons. The number of likely N-dealkylation sites (N-methyl/N-ethyl adjacent to an activating group) is 1. The summed E-state index contributed by atoms with van der Waals surface area (Å²) in [5.74, 6) is -0.190. The van der Waals surface area contributed by atoms with Crippen LogP contribution in [0.15, 0.2) is 41.3 Å². The van der Waals surface area contributed by atoms with Crippen molar-refractivity contribution in [1.29, 1.82) is 0 Å². The normalized spacial score (nSPS) is 15.7. The summed E-state index contributed by atoms with van der Waals surface area (Å²) in [6.45, 7) is 8.00. The predicted octanol–water partition coefficient (Wildman–Crippen LogP) is 4.22. The molecule has 0 bridgehead atoms. The molecule has 1 fully saturated rings. The second-order valence-corrected chi connectivity index (χ2v) is 12.6. The zero-order valence-electron chi connectivity index (χ0n) is 21.1. The summed E-state index contributed by atoms with van der Waals surface area (Å²) < 4.78 is 28.8. The van der Waals surface area contributed by atoms with Gasteiger partial charge in [-0.1, -0.05) is 41.2 Å². The number of carbonyl (C=O) groups excluding carboxylic acids is 1. The van der Waals surface area contributed by atoms with Crippen molar-refractivity contribution in [1.82, 2.24) is 14.2 Å². The van der Waals surface area contributed by atoms with Crippen molar-refractivity contribution in [3.63, 3.8) is 0 Å². The lowest BCUT2D eigenvalue weighted by molar-refractivity contribution is -0.123. The monoisotopic (exact) mass is 514 g/mol. The van der Waals surface area contributed by atoms with Gasteiger partial charge in [-0.15, -0.1) is 0 Å². The predicted molar refractivity (Wildman–Crippen MR) is 143 cm³/mol. The highest BCUT2D eigenvalue weighted by Gasteiger charge is 2.35. The van der Waals surface area contributed by atoms with Gasteiger partial charge in [0.2, 0.25) is 15.9 Å². The van der Waals surface area contributed by atoms with Crippen LogP contribution in [0, 0.1) is 26.7 Å². The Morgan fingerprint density at radius 3 is 2.23 bits per heavy atom. The zero-order valence-corrected chi connectivity index (χ0v) is 22.7. The minimum atomic E-state index is -3.56. The average Bonchev–Trinajstić information content (AvgIpc) is 3.28. The molecule has 0 atom stereocenters. The SMILES string of the molecule is Cc1ccc(S(=O)(=O)N2CCC(C(=O)N(CCN(C)C)c3nc4c(C)ccc(C)c4s3)CC2)cc1. The van der Waals surface area contributed by atoms with E-state index in [-0.39, 0.29) is 11.8 Å². The highest BCUT2D eigenvalue weighted by atomic mass is 32.2. The summed E-state index contributed by atoms with van der Waals surface area (Å²) in [5, 5.41) is 0.721. The van der Waals surface area contributed by atoms with E-state index in [0.29, 0.717) is 37.4 Å². The van der Waals surface area contributed by atoms with Crippen molar-refractivity contribution in [2.75, 3.05) is 45.2 Å². The van der Waals surface area contributed by atoms with Gasteiger partial charge in [-0.05, 0) is 71.0 Å². The first-order chi connectivity index (χ1) is 16.6. The first-order valence-electron chi connectivity index (χ1n) is 12.0. The summed E-state index contributed by atoms with van der Waals surface area (Å²) in [6.07, 6.45) is 1.01. The summed E-state index contributed by atoms with van der Waals surface area (Å²) in [6, 6.07) is 11.1. The van der Waals surface area contributed by atoms with Gasteiger partial charge in [0, 0.05) is 32.1 Å². The molecule has 1 aliphatic rings. The fraction of sp³-hybridized carbons (Fsp3) is 0.462. The quantitative estimate of drug-likeness (QED) is 0.472. The Morgan fingerprint density at radius 2 is 1.63 bits per heavy atom. The third-order valence-corrected chi connectivity index (χ3v) is 9.79. The fourth-order valence-electron chi connectivity index (χ4n) is 4.39. The summed E-state index contributed by atoms with van der Waals surface area (Å²) in [5.41, 5.74) is 4.23. The molecule has 0 unspecified atom stereocenters. The first-order valence-corrected chi connectivity index (χ1v) is 14.2. The number of nitrogens with zero attached hydrogens (tertiary/aromatic N) is 4. The maximum absolute atomic E-state index is 13.7. The van der Waals surface area contributed by atoms with E-state index in [1.54, 1.807) is 23.5 Å². The molecule has 2 heterocycles. The second-order valence-electron chi connectivity index (χ2n) is 9.66. The van der Waals surface area contributed by atoms with Crippen molar-refractivity contribution in [2.45, 2.75) is 38.5 Å². The minimum absolute atomic E-state index is 0.0357. The molecule has 1 saturated heterocycles. The number of aromatic nitrogens is 1. The number of anilines is 1. The molecule has 2 aromatic carbocycles. The largest absolute Gasteiger partial charge is 0.308 e. The van der Waals surface area contributed by atoms with Gasteiger partial charge < -0.3 is 4.90 Å². The number of thiazole rings is 1. The van der Waals surface area contributed by atoms with Crippen LogP contribution in [0.2, 0.25) is 0 Å². The van der Waals surface area contributed by atoms with Crippen LogP contribution in [-0.4, -0.2) is 68.8 Å². The number of hydrogen-bond donors (Lipinski definition) is 0. The number of benzene rings is 2. The molecule has 3 aromatic rings. The molecule has 1 amide bonds. The van der Waals surface area contributed by atoms with Gasteiger partial charge in [-0.3, -0.25) is 9.69 Å². The van der Waals surface area contributed by atoms with Crippen LogP contribution in [0.25, 0.3) is 10.2 Å². The van der Waals surface area contributed by atoms with Crippen molar-refractivity contribution in [3.8, 4) is 0 Å². The van der Waals surface area contributed by atoms with E-state index in [1.807, 2.05) is 45.0 Å². The van der Waals surface area contributed by atoms with Crippen LogP contribution in [0.4, 0.5) is 5.13 Å². The molecular formula is C26H34N4O3S2. The standard InChI is InChI=1S/C26H34N4O3S2/c1-18-6-10-22(11-7-18)35(32,33)29-14-12-21(13-15-29)25(31)30(17-16-28(4)5)26-27-23-19(2)8-9-20(3)24(23)34-26/h6-11,21H,12-17H2,1-5H3. The molecule has 9 heteroatoms. The highest BCUT2D eigenvalue weighted by Crippen LogP contribution is 2.35. The van der Waals surface area contributed by atoms with E-state index >= 15 is 0 Å². The maximum atomic E-state index is 13.7. The number of hydrogen-bond acceptors (Lipinski definition) is 6. The third-order valence-electron chi connectivity index (χ3n) is 6.66. The molecule has 4 rings (SSSR count). The van der Waals surface area contributed by atoms with E-state index < -0.39 is 10.0 Å². The lowest BCUT2D eigenvalue weighted by Crippen LogP contribution is -2.46. The van der Waals surface area contributed by atoms with Gasteiger partial charge in [0.15, 0.2) is 5.13 Å². The van der Waals surface area contributed by atoms with Gasteiger partial charge in [0.25, 0.3) is 0 Å². The van der Waals surface area contributed by atoms with Crippen LogP contribution in [0.5, 0.6) is 0 Å². The summed E-state index contributed by atoms with van der Waals surface area (Å²) in [7, 11) is 0.422. The second kappa shape index (κ2) is 10.3. The van der Waals surface area contributed by atoms with Crippen LogP contribution < -0.4 is 4.90 Å². The number of amides is 1.